The Bertz CT molecular complexity index is 1020. The van der Waals surface area contributed by atoms with Crippen molar-refractivity contribution in [2.45, 2.75) is 11.8 Å². The van der Waals surface area contributed by atoms with Crippen LogP contribution in [0.25, 0.3) is 11.4 Å². The third kappa shape index (κ3) is 3.26. The van der Waals surface area contributed by atoms with Gasteiger partial charge in [0.1, 0.15) is 0 Å². The first kappa shape index (κ1) is 15.7. The molecule has 2 aromatic carbocycles. The van der Waals surface area contributed by atoms with Crippen LogP contribution in [0.15, 0.2) is 57.9 Å². The lowest BCUT2D eigenvalue weighted by Crippen LogP contribution is -2.13. The number of sulfonamides is 1. The normalized spacial score (nSPS) is 11.0. The fourth-order valence-corrected chi connectivity index (χ4v) is 3.15. The number of aryl methyl sites for hydroxylation is 1. The van der Waals surface area contributed by atoms with Gasteiger partial charge in [-0.05, 0) is 36.4 Å². The molecule has 0 fully saturated rings. The number of benzene rings is 2. The van der Waals surface area contributed by atoms with Gasteiger partial charge in [0.15, 0.2) is 0 Å². The first-order valence-electron chi connectivity index (χ1n) is 6.92. The molecule has 1 aromatic heterocycles. The third-order valence-electron chi connectivity index (χ3n) is 3.20. The Morgan fingerprint density at radius 2 is 1.92 bits per heavy atom. The fraction of sp³-hybridized carbons (Fsp3) is 0.0625. The van der Waals surface area contributed by atoms with Crippen molar-refractivity contribution in [1.82, 2.24) is 10.1 Å². The van der Waals surface area contributed by atoms with E-state index in [1.165, 1.54) is 36.4 Å². The first-order chi connectivity index (χ1) is 11.5. The summed E-state index contributed by atoms with van der Waals surface area (Å²) in [4.78, 5) is 4.16. The summed E-state index contributed by atoms with van der Waals surface area (Å²) in [5, 5.41) is 12.6. The number of nitriles is 1. The summed E-state index contributed by atoms with van der Waals surface area (Å²) in [5.41, 5.74) is 1.36. The molecule has 0 atom stereocenters. The molecule has 0 spiro atoms. The predicted octanol–water partition coefficient (Wildman–Crippen LogP) is 2.72. The van der Waals surface area contributed by atoms with Crippen LogP contribution in [0.4, 0.5) is 5.69 Å². The van der Waals surface area contributed by atoms with Crippen LogP contribution in [-0.2, 0) is 10.0 Å². The lowest BCUT2D eigenvalue weighted by atomic mass is 10.2. The van der Waals surface area contributed by atoms with Crippen LogP contribution in [0, 0.1) is 18.3 Å². The molecule has 3 aromatic rings. The number of anilines is 1. The van der Waals surface area contributed by atoms with E-state index < -0.39 is 10.0 Å². The minimum absolute atomic E-state index is 0.0758. The Morgan fingerprint density at radius 1 is 1.17 bits per heavy atom. The van der Waals surface area contributed by atoms with Crippen molar-refractivity contribution in [1.29, 1.82) is 5.26 Å². The van der Waals surface area contributed by atoms with E-state index in [4.69, 9.17) is 9.78 Å². The van der Waals surface area contributed by atoms with Gasteiger partial charge < -0.3 is 4.52 Å². The molecule has 0 saturated heterocycles. The second-order valence-corrected chi connectivity index (χ2v) is 6.64. The topological polar surface area (TPSA) is 109 Å². The molecule has 3 rings (SSSR count). The molecule has 24 heavy (non-hydrogen) atoms. The second-order valence-electron chi connectivity index (χ2n) is 4.96. The molecule has 0 aliphatic carbocycles. The number of nitrogens with zero attached hydrogens (tertiary/aromatic N) is 3. The molecule has 120 valence electrons. The summed E-state index contributed by atoms with van der Waals surface area (Å²) < 4.78 is 32.4. The molecule has 0 aliphatic rings. The summed E-state index contributed by atoms with van der Waals surface area (Å²) in [6.45, 7) is 1.66. The number of aromatic nitrogens is 2. The summed E-state index contributed by atoms with van der Waals surface area (Å²) in [7, 11) is -3.78. The molecule has 8 heteroatoms. The van der Waals surface area contributed by atoms with Crippen molar-refractivity contribution in [3.8, 4) is 17.5 Å². The molecule has 0 saturated carbocycles. The Hall–Kier alpha value is -3.18. The molecule has 0 aliphatic heterocycles. The highest BCUT2D eigenvalue weighted by atomic mass is 32.2. The van der Waals surface area contributed by atoms with Crippen LogP contribution >= 0.6 is 0 Å². The van der Waals surface area contributed by atoms with E-state index in [0.29, 0.717) is 28.5 Å². The quantitative estimate of drug-likeness (QED) is 0.782. The highest BCUT2D eigenvalue weighted by Gasteiger charge is 2.16. The van der Waals surface area contributed by atoms with Gasteiger partial charge in [-0.25, -0.2) is 8.42 Å². The monoisotopic (exact) mass is 340 g/mol. The summed E-state index contributed by atoms with van der Waals surface area (Å²) in [6, 6.07) is 14.4. The Morgan fingerprint density at radius 3 is 2.54 bits per heavy atom. The van der Waals surface area contributed by atoms with E-state index >= 15 is 0 Å². The smallest absolute Gasteiger partial charge is 0.261 e. The van der Waals surface area contributed by atoms with E-state index in [0.717, 1.165) is 0 Å². The van der Waals surface area contributed by atoms with Gasteiger partial charge in [0, 0.05) is 18.2 Å². The van der Waals surface area contributed by atoms with Crippen LogP contribution < -0.4 is 4.72 Å². The van der Waals surface area contributed by atoms with Crippen molar-refractivity contribution in [3.63, 3.8) is 0 Å². The second kappa shape index (κ2) is 6.14. The number of rotatable bonds is 4. The summed E-state index contributed by atoms with van der Waals surface area (Å²) in [6.07, 6.45) is 0. The van der Waals surface area contributed by atoms with Gasteiger partial charge in [0.25, 0.3) is 10.0 Å². The fourth-order valence-electron chi connectivity index (χ4n) is 2.05. The molecule has 1 N–H and O–H groups in total. The number of hydrogen-bond acceptors (Lipinski definition) is 6. The number of hydrogen-bond donors (Lipinski definition) is 1. The maximum atomic E-state index is 12.5. The first-order valence-corrected chi connectivity index (χ1v) is 8.40. The molecule has 0 radical (unpaired) electrons. The van der Waals surface area contributed by atoms with Gasteiger partial charge >= 0.3 is 0 Å². The van der Waals surface area contributed by atoms with Gasteiger partial charge in [0.05, 0.1) is 16.5 Å². The summed E-state index contributed by atoms with van der Waals surface area (Å²) in [5.74, 6) is 0.719. The van der Waals surface area contributed by atoms with Crippen molar-refractivity contribution in [2.24, 2.45) is 0 Å². The van der Waals surface area contributed by atoms with Crippen molar-refractivity contribution < 1.29 is 12.9 Å². The van der Waals surface area contributed by atoms with Crippen LogP contribution in [0.3, 0.4) is 0 Å². The van der Waals surface area contributed by atoms with E-state index in [-0.39, 0.29) is 4.90 Å². The van der Waals surface area contributed by atoms with E-state index in [1.807, 2.05) is 6.07 Å². The van der Waals surface area contributed by atoms with Crippen LogP contribution in [0.5, 0.6) is 0 Å². The Labute approximate surface area is 138 Å². The van der Waals surface area contributed by atoms with Gasteiger partial charge in [-0.1, -0.05) is 17.3 Å². The maximum Gasteiger partial charge on any atom is 0.261 e. The predicted molar refractivity (Wildman–Crippen MR) is 86.4 cm³/mol. The molecule has 1 heterocycles. The number of nitrogens with one attached hydrogen (secondary N) is 1. The molecule has 0 bridgehead atoms. The van der Waals surface area contributed by atoms with Crippen molar-refractivity contribution in [3.05, 3.63) is 60.0 Å². The minimum Gasteiger partial charge on any atom is -0.339 e. The Kier molecular flexibility index (Phi) is 4.02. The van der Waals surface area contributed by atoms with Crippen LogP contribution in [0.2, 0.25) is 0 Å². The molecule has 0 unspecified atom stereocenters. The average molecular weight is 340 g/mol. The third-order valence-corrected chi connectivity index (χ3v) is 4.58. The highest BCUT2D eigenvalue weighted by Crippen LogP contribution is 2.22. The average Bonchev–Trinajstić information content (AvgIpc) is 3.02. The summed E-state index contributed by atoms with van der Waals surface area (Å²) >= 11 is 0. The van der Waals surface area contributed by atoms with Crippen molar-refractivity contribution >= 4 is 15.7 Å². The van der Waals surface area contributed by atoms with Crippen molar-refractivity contribution in [2.75, 3.05) is 4.72 Å². The van der Waals surface area contributed by atoms with E-state index in [2.05, 4.69) is 14.9 Å². The van der Waals surface area contributed by atoms with E-state index in [1.54, 1.807) is 19.1 Å². The van der Waals surface area contributed by atoms with Crippen LogP contribution in [-0.4, -0.2) is 18.6 Å². The molecule has 7 nitrogen and oxygen atoms in total. The van der Waals surface area contributed by atoms with Gasteiger partial charge in [0.2, 0.25) is 11.7 Å². The lowest BCUT2D eigenvalue weighted by molar-refractivity contribution is 0.394. The molecular weight excluding hydrogens is 328 g/mol. The standard InChI is InChI=1S/C16H12N4O3S/c1-11-18-16(19-23-11)13-3-2-4-15(9-13)24(21,22)20-14-7-5-12(10-17)6-8-14/h2-9,20H,1H3. The largest absolute Gasteiger partial charge is 0.339 e. The zero-order chi connectivity index (χ0) is 17.2. The minimum atomic E-state index is -3.78. The SMILES string of the molecule is Cc1nc(-c2cccc(S(=O)(=O)Nc3ccc(C#N)cc3)c2)no1. The van der Waals surface area contributed by atoms with Gasteiger partial charge in [-0.2, -0.15) is 10.2 Å². The zero-order valence-electron chi connectivity index (χ0n) is 12.6. The van der Waals surface area contributed by atoms with Crippen LogP contribution in [0.1, 0.15) is 11.5 Å². The van der Waals surface area contributed by atoms with Gasteiger partial charge in [-0.3, -0.25) is 4.72 Å². The zero-order valence-corrected chi connectivity index (χ0v) is 13.4. The highest BCUT2D eigenvalue weighted by molar-refractivity contribution is 7.92. The Balaban J connectivity index is 1.90. The molecular formula is C16H12N4O3S. The van der Waals surface area contributed by atoms with Gasteiger partial charge in [-0.15, -0.1) is 0 Å². The lowest BCUT2D eigenvalue weighted by Gasteiger charge is -2.08. The molecule has 0 amide bonds. The van der Waals surface area contributed by atoms with E-state index in [9.17, 15) is 8.42 Å². The maximum absolute atomic E-state index is 12.5.